The van der Waals surface area contributed by atoms with Crippen molar-refractivity contribution in [1.82, 2.24) is 4.90 Å². The van der Waals surface area contributed by atoms with Crippen LogP contribution in [0.25, 0.3) is 6.08 Å². The minimum atomic E-state index is 0.152. The number of likely N-dealkylation sites (tertiary alicyclic amines) is 1. The molecule has 0 atom stereocenters. The molecular formula is C23H27NO. The van der Waals surface area contributed by atoms with Crippen LogP contribution in [0.2, 0.25) is 0 Å². The fourth-order valence-corrected chi connectivity index (χ4v) is 3.21. The molecule has 0 radical (unpaired) electrons. The molecule has 1 aliphatic heterocycles. The van der Waals surface area contributed by atoms with E-state index >= 15 is 0 Å². The maximum absolute atomic E-state index is 12.3. The minimum Gasteiger partial charge on any atom is -0.294 e. The van der Waals surface area contributed by atoms with Crippen LogP contribution < -0.4 is 0 Å². The Hall–Kier alpha value is -2.19. The van der Waals surface area contributed by atoms with Crippen molar-refractivity contribution in [1.29, 1.82) is 0 Å². The standard InChI is InChI=1S/C23H27NO/c1-23(2,3)21-11-9-18(10-12-21)15-20-17-24(14-13-22(20)25)16-19-7-5-4-6-8-19/h4-12,15H,13-14,16-17H2,1-3H3/b20-15+. The van der Waals surface area contributed by atoms with Gasteiger partial charge in [-0.1, -0.05) is 75.4 Å². The average molecular weight is 333 g/mol. The summed E-state index contributed by atoms with van der Waals surface area (Å²) in [6, 6.07) is 19.0. The van der Waals surface area contributed by atoms with Crippen LogP contribution in [-0.2, 0) is 16.8 Å². The van der Waals surface area contributed by atoms with E-state index in [1.165, 1.54) is 11.1 Å². The van der Waals surface area contributed by atoms with Crippen LogP contribution in [-0.4, -0.2) is 23.8 Å². The van der Waals surface area contributed by atoms with Gasteiger partial charge in [0.2, 0.25) is 0 Å². The monoisotopic (exact) mass is 333 g/mol. The van der Waals surface area contributed by atoms with E-state index < -0.39 is 0 Å². The molecule has 1 aliphatic rings. The van der Waals surface area contributed by atoms with Crippen LogP contribution in [0.5, 0.6) is 0 Å². The molecule has 2 heteroatoms. The second-order valence-electron chi connectivity index (χ2n) is 7.91. The highest BCUT2D eigenvalue weighted by Crippen LogP contribution is 2.24. The van der Waals surface area contributed by atoms with Crippen LogP contribution in [0.15, 0.2) is 60.2 Å². The van der Waals surface area contributed by atoms with Crippen LogP contribution in [0.3, 0.4) is 0 Å². The van der Waals surface area contributed by atoms with Crippen molar-refractivity contribution in [3.63, 3.8) is 0 Å². The average Bonchev–Trinajstić information content (AvgIpc) is 2.58. The number of nitrogens with zero attached hydrogens (tertiary/aromatic N) is 1. The molecule has 2 nitrogen and oxygen atoms in total. The van der Waals surface area contributed by atoms with E-state index in [9.17, 15) is 4.79 Å². The Morgan fingerprint density at radius 1 is 1.00 bits per heavy atom. The summed E-state index contributed by atoms with van der Waals surface area (Å²) in [5.41, 5.74) is 4.79. The summed E-state index contributed by atoms with van der Waals surface area (Å²) in [5.74, 6) is 0.282. The van der Waals surface area contributed by atoms with Gasteiger partial charge in [-0.3, -0.25) is 9.69 Å². The number of ketones is 1. The van der Waals surface area contributed by atoms with Gasteiger partial charge in [-0.15, -0.1) is 0 Å². The smallest absolute Gasteiger partial charge is 0.161 e. The summed E-state index contributed by atoms with van der Waals surface area (Å²) in [4.78, 5) is 14.7. The molecule has 130 valence electrons. The van der Waals surface area contributed by atoms with Gasteiger partial charge in [-0.05, 0) is 28.2 Å². The topological polar surface area (TPSA) is 20.3 Å². The quantitative estimate of drug-likeness (QED) is 0.749. The molecule has 2 aromatic rings. The van der Waals surface area contributed by atoms with Crippen LogP contribution in [0.4, 0.5) is 0 Å². The minimum absolute atomic E-state index is 0.152. The SMILES string of the molecule is CC(C)(C)c1ccc(/C=C2\CN(Cc3ccccc3)CCC2=O)cc1. The molecule has 2 aromatic carbocycles. The van der Waals surface area contributed by atoms with Gasteiger partial charge in [-0.25, -0.2) is 0 Å². The van der Waals surface area contributed by atoms with E-state index in [0.717, 1.165) is 30.8 Å². The van der Waals surface area contributed by atoms with Crippen molar-refractivity contribution in [2.24, 2.45) is 0 Å². The number of benzene rings is 2. The Morgan fingerprint density at radius 3 is 2.32 bits per heavy atom. The predicted octanol–water partition coefficient (Wildman–Crippen LogP) is 4.84. The number of hydrogen-bond donors (Lipinski definition) is 0. The first-order valence-electron chi connectivity index (χ1n) is 9.02. The van der Waals surface area contributed by atoms with E-state index in [0.29, 0.717) is 6.42 Å². The fourth-order valence-electron chi connectivity index (χ4n) is 3.21. The highest BCUT2D eigenvalue weighted by Gasteiger charge is 2.21. The summed E-state index contributed by atoms with van der Waals surface area (Å²) >= 11 is 0. The molecule has 0 unspecified atom stereocenters. The molecule has 0 bridgehead atoms. The summed E-state index contributed by atoms with van der Waals surface area (Å²) in [5, 5.41) is 0. The number of rotatable bonds is 3. The predicted molar refractivity (Wildman–Crippen MR) is 104 cm³/mol. The van der Waals surface area contributed by atoms with Crippen molar-refractivity contribution in [3.8, 4) is 0 Å². The molecule has 0 aromatic heterocycles. The van der Waals surface area contributed by atoms with Crippen LogP contribution in [0, 0.1) is 0 Å². The Morgan fingerprint density at radius 2 is 1.68 bits per heavy atom. The third-order valence-corrected chi connectivity index (χ3v) is 4.77. The summed E-state index contributed by atoms with van der Waals surface area (Å²) in [6.45, 7) is 9.11. The number of carbonyl (C=O) groups excluding carboxylic acids is 1. The van der Waals surface area contributed by atoms with Crippen LogP contribution >= 0.6 is 0 Å². The van der Waals surface area contributed by atoms with Gasteiger partial charge >= 0.3 is 0 Å². The van der Waals surface area contributed by atoms with Crippen molar-refractivity contribution < 1.29 is 4.79 Å². The van der Waals surface area contributed by atoms with Crippen molar-refractivity contribution in [2.75, 3.05) is 13.1 Å². The maximum Gasteiger partial charge on any atom is 0.161 e. The Labute approximate surface area is 151 Å². The van der Waals surface area contributed by atoms with Gasteiger partial charge in [0, 0.05) is 31.6 Å². The second kappa shape index (κ2) is 7.37. The number of Topliss-reactive ketones (excluding diaryl/α,β-unsaturated/α-hetero) is 1. The van der Waals surface area contributed by atoms with E-state index in [2.05, 4.69) is 80.3 Å². The molecule has 0 spiro atoms. The van der Waals surface area contributed by atoms with Gasteiger partial charge in [0.05, 0.1) is 0 Å². The summed E-state index contributed by atoms with van der Waals surface area (Å²) < 4.78 is 0. The molecule has 0 N–H and O–H groups in total. The van der Waals surface area contributed by atoms with Crippen molar-refractivity contribution in [2.45, 2.75) is 39.2 Å². The van der Waals surface area contributed by atoms with Crippen LogP contribution in [0.1, 0.15) is 43.9 Å². The molecule has 1 fully saturated rings. The molecule has 0 aliphatic carbocycles. The first-order chi connectivity index (χ1) is 11.9. The maximum atomic E-state index is 12.3. The lowest BCUT2D eigenvalue weighted by Crippen LogP contribution is -2.35. The number of hydrogen-bond acceptors (Lipinski definition) is 2. The highest BCUT2D eigenvalue weighted by molar-refractivity contribution is 6.00. The second-order valence-corrected chi connectivity index (χ2v) is 7.91. The first kappa shape index (κ1) is 17.6. The van der Waals surface area contributed by atoms with Gasteiger partial charge in [-0.2, -0.15) is 0 Å². The molecule has 25 heavy (non-hydrogen) atoms. The normalized spacial score (nSPS) is 17.9. The van der Waals surface area contributed by atoms with E-state index in [1.54, 1.807) is 0 Å². The van der Waals surface area contributed by atoms with Gasteiger partial charge in [0.25, 0.3) is 0 Å². The van der Waals surface area contributed by atoms with Gasteiger partial charge in [0.15, 0.2) is 5.78 Å². The molecule has 0 saturated carbocycles. The Bertz CT molecular complexity index is 751. The molecular weight excluding hydrogens is 306 g/mol. The summed E-state index contributed by atoms with van der Waals surface area (Å²) in [6.07, 6.45) is 2.67. The molecule has 0 amide bonds. The third-order valence-electron chi connectivity index (χ3n) is 4.77. The largest absolute Gasteiger partial charge is 0.294 e. The lowest BCUT2D eigenvalue weighted by atomic mass is 9.86. The Balaban J connectivity index is 1.73. The molecule has 3 rings (SSSR count). The fraction of sp³-hybridized carbons (Fsp3) is 0.348. The number of piperidine rings is 1. The zero-order valence-electron chi connectivity index (χ0n) is 15.5. The van der Waals surface area contributed by atoms with Crippen molar-refractivity contribution >= 4 is 11.9 Å². The highest BCUT2D eigenvalue weighted by atomic mass is 16.1. The van der Waals surface area contributed by atoms with E-state index in [-0.39, 0.29) is 11.2 Å². The Kier molecular flexibility index (Phi) is 5.19. The molecule has 1 heterocycles. The number of carbonyl (C=O) groups is 1. The molecule has 1 saturated heterocycles. The summed E-state index contributed by atoms with van der Waals surface area (Å²) in [7, 11) is 0. The zero-order valence-corrected chi connectivity index (χ0v) is 15.5. The van der Waals surface area contributed by atoms with E-state index in [1.807, 2.05) is 6.07 Å². The lowest BCUT2D eigenvalue weighted by Gasteiger charge is -2.28. The zero-order chi connectivity index (χ0) is 17.9. The van der Waals surface area contributed by atoms with Crippen molar-refractivity contribution in [3.05, 3.63) is 76.9 Å². The third kappa shape index (κ3) is 4.67. The lowest BCUT2D eigenvalue weighted by molar-refractivity contribution is -0.117. The van der Waals surface area contributed by atoms with Gasteiger partial charge < -0.3 is 0 Å². The van der Waals surface area contributed by atoms with Gasteiger partial charge in [0.1, 0.15) is 0 Å². The first-order valence-corrected chi connectivity index (χ1v) is 9.02. The van der Waals surface area contributed by atoms with E-state index in [4.69, 9.17) is 0 Å².